The van der Waals surface area contributed by atoms with E-state index in [-0.39, 0.29) is 0 Å². The zero-order valence-corrected chi connectivity index (χ0v) is 9.23. The molecule has 14 heavy (non-hydrogen) atoms. The molecule has 1 nitrogen and oxygen atoms in total. The van der Waals surface area contributed by atoms with Crippen LogP contribution in [0, 0.1) is 5.41 Å². The molecule has 1 N–H and O–H groups in total. The van der Waals surface area contributed by atoms with Gasteiger partial charge >= 0.3 is 0 Å². The molecular weight excluding hydrogens is 170 g/mol. The molecule has 0 aromatic heterocycles. The summed E-state index contributed by atoms with van der Waals surface area (Å²) in [5, 5.41) is 3.91. The Balaban J connectivity index is 1.47. The van der Waals surface area contributed by atoms with Crippen molar-refractivity contribution >= 4 is 0 Å². The van der Waals surface area contributed by atoms with Crippen molar-refractivity contribution in [3.63, 3.8) is 0 Å². The third-order valence-electron chi connectivity index (χ3n) is 4.74. The summed E-state index contributed by atoms with van der Waals surface area (Å²) in [6.07, 6.45) is 14.9. The molecule has 0 bridgehead atoms. The van der Waals surface area contributed by atoms with Gasteiger partial charge in [-0.25, -0.2) is 0 Å². The highest BCUT2D eigenvalue weighted by atomic mass is 15.0. The van der Waals surface area contributed by atoms with E-state index in [1.165, 1.54) is 64.2 Å². The average molecular weight is 193 g/mol. The Kier molecular flexibility index (Phi) is 2.31. The van der Waals surface area contributed by atoms with E-state index in [2.05, 4.69) is 5.32 Å². The van der Waals surface area contributed by atoms with Gasteiger partial charge in [0, 0.05) is 12.1 Å². The van der Waals surface area contributed by atoms with Crippen LogP contribution in [0.4, 0.5) is 0 Å². The largest absolute Gasteiger partial charge is 0.311 e. The average Bonchev–Trinajstić information content (AvgIpc) is 2.84. The molecule has 0 saturated heterocycles. The van der Waals surface area contributed by atoms with E-state index in [4.69, 9.17) is 0 Å². The normalized spacial score (nSPS) is 36.4. The fourth-order valence-corrected chi connectivity index (χ4v) is 3.58. The first kappa shape index (κ1) is 9.21. The molecule has 3 rings (SSSR count). The van der Waals surface area contributed by atoms with Gasteiger partial charge in [0.25, 0.3) is 0 Å². The van der Waals surface area contributed by atoms with E-state index in [9.17, 15) is 0 Å². The van der Waals surface area contributed by atoms with Gasteiger partial charge in [-0.2, -0.15) is 0 Å². The number of nitrogens with one attached hydrogen (secondary N) is 1. The maximum atomic E-state index is 3.91. The molecular formula is C13H23N. The zero-order valence-electron chi connectivity index (χ0n) is 9.23. The third-order valence-corrected chi connectivity index (χ3v) is 4.74. The standard InChI is InChI=1S/C13H23N/c1-2-4-11(5-3-1)14-12-6-7-13(10-12)8-9-13/h11-12,14H,1-10H2. The second-order valence-electron chi connectivity index (χ2n) is 5.94. The van der Waals surface area contributed by atoms with E-state index in [1.54, 1.807) is 0 Å². The topological polar surface area (TPSA) is 12.0 Å². The van der Waals surface area contributed by atoms with Gasteiger partial charge in [-0.1, -0.05) is 19.3 Å². The van der Waals surface area contributed by atoms with E-state index in [1.807, 2.05) is 0 Å². The van der Waals surface area contributed by atoms with Crippen LogP contribution < -0.4 is 5.32 Å². The monoisotopic (exact) mass is 193 g/mol. The van der Waals surface area contributed by atoms with Crippen LogP contribution in [0.2, 0.25) is 0 Å². The molecule has 0 aromatic carbocycles. The highest BCUT2D eigenvalue weighted by Gasteiger charge is 2.48. The van der Waals surface area contributed by atoms with Crippen LogP contribution in [0.3, 0.4) is 0 Å². The third kappa shape index (κ3) is 1.84. The quantitative estimate of drug-likeness (QED) is 0.710. The van der Waals surface area contributed by atoms with Crippen molar-refractivity contribution in [3.05, 3.63) is 0 Å². The Morgan fingerprint density at radius 3 is 2.21 bits per heavy atom. The molecule has 0 aliphatic heterocycles. The van der Waals surface area contributed by atoms with Crippen LogP contribution in [0.15, 0.2) is 0 Å². The smallest absolute Gasteiger partial charge is 0.00751 e. The van der Waals surface area contributed by atoms with E-state index >= 15 is 0 Å². The lowest BCUT2D eigenvalue weighted by Gasteiger charge is -2.26. The van der Waals surface area contributed by atoms with Gasteiger partial charge in [0.05, 0.1) is 0 Å². The molecule has 0 amide bonds. The van der Waals surface area contributed by atoms with Crippen LogP contribution in [0.25, 0.3) is 0 Å². The second-order valence-corrected chi connectivity index (χ2v) is 5.94. The van der Waals surface area contributed by atoms with Crippen molar-refractivity contribution in [2.75, 3.05) is 0 Å². The summed E-state index contributed by atoms with van der Waals surface area (Å²) < 4.78 is 0. The van der Waals surface area contributed by atoms with Gasteiger partial charge in [0.1, 0.15) is 0 Å². The highest BCUT2D eigenvalue weighted by Crippen LogP contribution is 2.57. The minimum atomic E-state index is 0.854. The maximum Gasteiger partial charge on any atom is 0.00751 e. The van der Waals surface area contributed by atoms with Crippen LogP contribution >= 0.6 is 0 Å². The fraction of sp³-hybridized carbons (Fsp3) is 1.00. The first-order valence-electron chi connectivity index (χ1n) is 6.62. The summed E-state index contributed by atoms with van der Waals surface area (Å²) in [4.78, 5) is 0. The van der Waals surface area contributed by atoms with Crippen LogP contribution in [-0.4, -0.2) is 12.1 Å². The Morgan fingerprint density at radius 2 is 1.57 bits per heavy atom. The summed E-state index contributed by atoms with van der Waals surface area (Å²) in [6.45, 7) is 0. The van der Waals surface area contributed by atoms with Crippen molar-refractivity contribution < 1.29 is 0 Å². The summed E-state index contributed by atoms with van der Waals surface area (Å²) >= 11 is 0. The first-order valence-corrected chi connectivity index (χ1v) is 6.62. The molecule has 0 heterocycles. The molecule has 0 aromatic rings. The van der Waals surface area contributed by atoms with Crippen molar-refractivity contribution in [2.45, 2.75) is 76.3 Å². The van der Waals surface area contributed by atoms with E-state index in [0.717, 1.165) is 17.5 Å². The second kappa shape index (κ2) is 3.52. The molecule has 0 radical (unpaired) electrons. The van der Waals surface area contributed by atoms with Gasteiger partial charge in [-0.15, -0.1) is 0 Å². The zero-order chi connectivity index (χ0) is 9.43. The van der Waals surface area contributed by atoms with Crippen molar-refractivity contribution in [3.8, 4) is 0 Å². The Bertz CT molecular complexity index is 201. The molecule has 1 heteroatoms. The fourth-order valence-electron chi connectivity index (χ4n) is 3.58. The predicted octanol–water partition coefficient (Wildman–Crippen LogP) is 3.24. The number of hydrogen-bond donors (Lipinski definition) is 1. The van der Waals surface area contributed by atoms with Crippen molar-refractivity contribution in [1.29, 1.82) is 0 Å². The molecule has 3 aliphatic rings. The molecule has 80 valence electrons. The Hall–Kier alpha value is -0.0400. The molecule has 3 fully saturated rings. The van der Waals surface area contributed by atoms with Crippen molar-refractivity contribution in [2.24, 2.45) is 5.41 Å². The minimum Gasteiger partial charge on any atom is -0.311 e. The van der Waals surface area contributed by atoms with Gasteiger partial charge in [0.2, 0.25) is 0 Å². The lowest BCUT2D eigenvalue weighted by atomic mass is 9.94. The van der Waals surface area contributed by atoms with Gasteiger partial charge in [-0.05, 0) is 50.4 Å². The molecule has 3 aliphatic carbocycles. The molecule has 1 unspecified atom stereocenters. The van der Waals surface area contributed by atoms with Crippen LogP contribution in [0.1, 0.15) is 64.2 Å². The van der Waals surface area contributed by atoms with Gasteiger partial charge in [0.15, 0.2) is 0 Å². The van der Waals surface area contributed by atoms with E-state index in [0.29, 0.717) is 0 Å². The summed E-state index contributed by atoms with van der Waals surface area (Å²) in [6, 6.07) is 1.77. The lowest BCUT2D eigenvalue weighted by molar-refractivity contribution is 0.331. The summed E-state index contributed by atoms with van der Waals surface area (Å²) in [5.74, 6) is 0. The predicted molar refractivity (Wildman–Crippen MR) is 59.3 cm³/mol. The lowest BCUT2D eigenvalue weighted by Crippen LogP contribution is -2.38. The SMILES string of the molecule is C1CCC(NC2CCC3(CC3)C2)CC1. The van der Waals surface area contributed by atoms with Crippen LogP contribution in [0.5, 0.6) is 0 Å². The van der Waals surface area contributed by atoms with Crippen molar-refractivity contribution in [1.82, 2.24) is 5.32 Å². The molecule has 1 atom stereocenters. The number of hydrogen-bond acceptors (Lipinski definition) is 1. The van der Waals surface area contributed by atoms with E-state index < -0.39 is 0 Å². The summed E-state index contributed by atoms with van der Waals surface area (Å²) in [5.41, 5.74) is 0.854. The Labute approximate surface area is 87.7 Å². The van der Waals surface area contributed by atoms with Crippen LogP contribution in [-0.2, 0) is 0 Å². The van der Waals surface area contributed by atoms with Gasteiger partial charge in [-0.3, -0.25) is 0 Å². The molecule has 1 spiro atoms. The summed E-state index contributed by atoms with van der Waals surface area (Å²) in [7, 11) is 0. The Morgan fingerprint density at radius 1 is 0.786 bits per heavy atom. The maximum absolute atomic E-state index is 3.91. The van der Waals surface area contributed by atoms with Gasteiger partial charge < -0.3 is 5.32 Å². The molecule has 3 saturated carbocycles. The first-order chi connectivity index (χ1) is 6.86. The number of rotatable bonds is 2. The minimum absolute atomic E-state index is 0.854. The highest BCUT2D eigenvalue weighted by molar-refractivity contribution is 5.02.